The number of aromatic nitrogens is 1. The van der Waals surface area contributed by atoms with E-state index < -0.39 is 10.0 Å². The lowest BCUT2D eigenvalue weighted by Gasteiger charge is -2.21. The Kier molecular flexibility index (Phi) is 3.66. The first-order valence-corrected chi connectivity index (χ1v) is 7.33. The second-order valence-electron chi connectivity index (χ2n) is 4.35. The minimum atomic E-state index is -3.12. The average Bonchev–Trinajstić information content (AvgIpc) is 2.81. The van der Waals surface area contributed by atoms with Gasteiger partial charge in [0, 0.05) is 18.9 Å². The number of nitrogens with one attached hydrogen (secondary N) is 2. The van der Waals surface area contributed by atoms with E-state index in [4.69, 9.17) is 0 Å². The third kappa shape index (κ3) is 2.86. The standard InChI is InChI=1S/C11H18N2O2S/c14-16(15,11-4-2-1-3-5-11)13-9-10-6-7-12-8-10/h6-8,11-13H,1-5,9H2. The number of sulfonamides is 1. The molecule has 4 nitrogen and oxygen atoms in total. The maximum atomic E-state index is 12.0. The Labute approximate surface area is 96.5 Å². The molecular formula is C11H18N2O2S. The summed E-state index contributed by atoms with van der Waals surface area (Å²) in [4.78, 5) is 2.91. The molecule has 1 aromatic rings. The second kappa shape index (κ2) is 5.01. The molecule has 0 atom stereocenters. The van der Waals surface area contributed by atoms with Crippen molar-refractivity contribution in [2.45, 2.75) is 43.9 Å². The van der Waals surface area contributed by atoms with Crippen molar-refractivity contribution in [3.8, 4) is 0 Å². The third-order valence-corrected chi connectivity index (χ3v) is 5.03. The van der Waals surface area contributed by atoms with E-state index in [1.54, 1.807) is 6.20 Å². The van der Waals surface area contributed by atoms with Gasteiger partial charge in [0.2, 0.25) is 10.0 Å². The molecule has 0 saturated heterocycles. The highest BCUT2D eigenvalue weighted by atomic mass is 32.2. The molecule has 2 rings (SSSR count). The summed E-state index contributed by atoms with van der Waals surface area (Å²) >= 11 is 0. The van der Waals surface area contributed by atoms with Gasteiger partial charge in [0.15, 0.2) is 0 Å². The van der Waals surface area contributed by atoms with E-state index in [2.05, 4.69) is 9.71 Å². The monoisotopic (exact) mass is 242 g/mol. The number of hydrogen-bond donors (Lipinski definition) is 2. The van der Waals surface area contributed by atoms with E-state index in [0.29, 0.717) is 6.54 Å². The molecule has 1 aromatic heterocycles. The third-order valence-electron chi connectivity index (χ3n) is 3.13. The van der Waals surface area contributed by atoms with Gasteiger partial charge in [-0.2, -0.15) is 0 Å². The number of hydrogen-bond acceptors (Lipinski definition) is 2. The molecule has 1 saturated carbocycles. The van der Waals surface area contributed by atoms with Gasteiger partial charge in [-0.05, 0) is 24.5 Å². The second-order valence-corrected chi connectivity index (χ2v) is 6.39. The highest BCUT2D eigenvalue weighted by Crippen LogP contribution is 2.23. The zero-order valence-corrected chi connectivity index (χ0v) is 10.1. The van der Waals surface area contributed by atoms with E-state index >= 15 is 0 Å². The maximum Gasteiger partial charge on any atom is 0.214 e. The molecule has 1 aliphatic rings. The molecule has 0 bridgehead atoms. The Hall–Kier alpha value is -0.810. The lowest BCUT2D eigenvalue weighted by molar-refractivity contribution is 0.477. The quantitative estimate of drug-likeness (QED) is 0.845. The molecule has 0 amide bonds. The Morgan fingerprint density at radius 3 is 2.69 bits per heavy atom. The lowest BCUT2D eigenvalue weighted by atomic mass is 10.0. The summed E-state index contributed by atoms with van der Waals surface area (Å²) in [6.07, 6.45) is 8.47. The average molecular weight is 242 g/mol. The van der Waals surface area contributed by atoms with Crippen LogP contribution in [0.3, 0.4) is 0 Å². The van der Waals surface area contributed by atoms with Crippen molar-refractivity contribution in [3.63, 3.8) is 0 Å². The Morgan fingerprint density at radius 2 is 2.06 bits per heavy atom. The fraction of sp³-hybridized carbons (Fsp3) is 0.636. The van der Waals surface area contributed by atoms with Crippen LogP contribution in [-0.4, -0.2) is 18.7 Å². The molecule has 2 N–H and O–H groups in total. The van der Waals surface area contributed by atoms with Crippen LogP contribution in [-0.2, 0) is 16.6 Å². The van der Waals surface area contributed by atoms with Gasteiger partial charge < -0.3 is 4.98 Å². The van der Waals surface area contributed by atoms with Gasteiger partial charge in [-0.1, -0.05) is 19.3 Å². The summed E-state index contributed by atoms with van der Waals surface area (Å²) in [5, 5.41) is -0.180. The van der Waals surface area contributed by atoms with Gasteiger partial charge in [-0.15, -0.1) is 0 Å². The van der Waals surface area contributed by atoms with Gasteiger partial charge >= 0.3 is 0 Å². The molecule has 16 heavy (non-hydrogen) atoms. The first-order valence-electron chi connectivity index (χ1n) is 5.78. The van der Waals surface area contributed by atoms with Gasteiger partial charge in [-0.3, -0.25) is 0 Å². The Balaban J connectivity index is 1.91. The van der Waals surface area contributed by atoms with Crippen LogP contribution < -0.4 is 4.72 Å². The van der Waals surface area contributed by atoms with Crippen molar-refractivity contribution in [3.05, 3.63) is 24.0 Å². The van der Waals surface area contributed by atoms with Crippen molar-refractivity contribution < 1.29 is 8.42 Å². The summed E-state index contributed by atoms with van der Waals surface area (Å²) in [7, 11) is -3.12. The van der Waals surface area contributed by atoms with Crippen LogP contribution in [0.2, 0.25) is 0 Å². The smallest absolute Gasteiger partial charge is 0.214 e. The van der Waals surface area contributed by atoms with Crippen LogP contribution >= 0.6 is 0 Å². The lowest BCUT2D eigenvalue weighted by Crippen LogP contribution is -2.35. The van der Waals surface area contributed by atoms with Crippen LogP contribution in [0.5, 0.6) is 0 Å². The van der Waals surface area contributed by atoms with Crippen molar-refractivity contribution >= 4 is 10.0 Å². The fourth-order valence-corrected chi connectivity index (χ4v) is 3.70. The van der Waals surface area contributed by atoms with Gasteiger partial charge in [0.05, 0.1) is 5.25 Å². The zero-order valence-electron chi connectivity index (χ0n) is 9.28. The molecule has 1 fully saturated rings. The highest BCUT2D eigenvalue weighted by molar-refractivity contribution is 7.90. The van der Waals surface area contributed by atoms with Crippen LogP contribution in [0.4, 0.5) is 0 Å². The highest BCUT2D eigenvalue weighted by Gasteiger charge is 2.26. The molecule has 0 spiro atoms. The van der Waals surface area contributed by atoms with Gasteiger partial charge in [0.25, 0.3) is 0 Å². The predicted molar refractivity (Wildman–Crippen MR) is 63.4 cm³/mol. The minimum absolute atomic E-state index is 0.180. The summed E-state index contributed by atoms with van der Waals surface area (Å²) in [6, 6.07) is 1.88. The number of rotatable bonds is 4. The topological polar surface area (TPSA) is 62.0 Å². The number of H-pyrrole nitrogens is 1. The van der Waals surface area contributed by atoms with Gasteiger partial charge in [-0.25, -0.2) is 13.1 Å². The van der Waals surface area contributed by atoms with Gasteiger partial charge in [0.1, 0.15) is 0 Å². The normalized spacial score (nSPS) is 18.8. The van der Waals surface area contributed by atoms with Crippen molar-refractivity contribution in [1.82, 2.24) is 9.71 Å². The first kappa shape index (κ1) is 11.7. The molecule has 0 unspecified atom stereocenters. The molecule has 90 valence electrons. The minimum Gasteiger partial charge on any atom is -0.367 e. The molecule has 1 aliphatic carbocycles. The molecule has 0 aliphatic heterocycles. The van der Waals surface area contributed by atoms with E-state index in [0.717, 1.165) is 31.2 Å². The van der Waals surface area contributed by atoms with E-state index in [9.17, 15) is 8.42 Å². The van der Waals surface area contributed by atoms with Crippen LogP contribution in [0, 0.1) is 0 Å². The fourth-order valence-electron chi connectivity index (χ4n) is 2.15. The van der Waals surface area contributed by atoms with Crippen LogP contribution in [0.15, 0.2) is 18.5 Å². The van der Waals surface area contributed by atoms with Crippen molar-refractivity contribution in [1.29, 1.82) is 0 Å². The van der Waals surface area contributed by atoms with Crippen molar-refractivity contribution in [2.75, 3.05) is 0 Å². The molecular weight excluding hydrogens is 224 g/mol. The zero-order chi connectivity index (χ0) is 11.4. The van der Waals surface area contributed by atoms with E-state index in [1.807, 2.05) is 12.3 Å². The summed E-state index contributed by atoms with van der Waals surface area (Å²) in [5.74, 6) is 0. The predicted octanol–water partition coefficient (Wildman–Crippen LogP) is 1.77. The molecule has 5 heteroatoms. The molecule has 0 aromatic carbocycles. The first-order chi connectivity index (χ1) is 7.68. The molecule has 0 radical (unpaired) electrons. The molecule has 1 heterocycles. The Bertz CT molecular complexity index is 405. The SMILES string of the molecule is O=S(=O)(NCc1cc[nH]c1)C1CCCCC1. The summed E-state index contributed by atoms with van der Waals surface area (Å²) in [5.41, 5.74) is 0.972. The summed E-state index contributed by atoms with van der Waals surface area (Å²) in [6.45, 7) is 0.391. The van der Waals surface area contributed by atoms with E-state index in [1.165, 1.54) is 6.42 Å². The number of aromatic amines is 1. The van der Waals surface area contributed by atoms with Crippen molar-refractivity contribution in [2.24, 2.45) is 0 Å². The van der Waals surface area contributed by atoms with E-state index in [-0.39, 0.29) is 5.25 Å². The Morgan fingerprint density at radius 1 is 1.31 bits per heavy atom. The van der Waals surface area contributed by atoms with Crippen LogP contribution in [0.25, 0.3) is 0 Å². The largest absolute Gasteiger partial charge is 0.367 e. The summed E-state index contributed by atoms with van der Waals surface area (Å²) < 4.78 is 26.6. The van der Waals surface area contributed by atoms with Crippen LogP contribution in [0.1, 0.15) is 37.7 Å². The maximum absolute atomic E-state index is 12.0.